The standard InChI is InChI=1S/C21H38O2/c1-19(2,3)14-21(7,20(4,5)6)18(22)23-11-10-17-13-15-8-9-16(17)12-15/h15-17H,8-14H2,1-7H3. The minimum absolute atomic E-state index is 0.00285. The van der Waals surface area contributed by atoms with Crippen molar-refractivity contribution in [3.05, 3.63) is 0 Å². The fraction of sp³-hybridized carbons (Fsp3) is 0.952. The number of rotatable bonds is 5. The van der Waals surface area contributed by atoms with Gasteiger partial charge in [-0.05, 0) is 67.6 Å². The SMILES string of the molecule is CC(C)(C)CC(C)(C(=O)OCCC1CC2CCC1C2)C(C)(C)C. The second-order valence-corrected chi connectivity index (χ2v) is 10.7. The van der Waals surface area contributed by atoms with Gasteiger partial charge >= 0.3 is 5.97 Å². The quantitative estimate of drug-likeness (QED) is 0.594. The van der Waals surface area contributed by atoms with E-state index in [0.717, 1.165) is 30.6 Å². The van der Waals surface area contributed by atoms with Gasteiger partial charge in [-0.1, -0.05) is 48.0 Å². The smallest absolute Gasteiger partial charge is 0.312 e. The first-order valence-corrected chi connectivity index (χ1v) is 9.60. The summed E-state index contributed by atoms with van der Waals surface area (Å²) in [6, 6.07) is 0. The van der Waals surface area contributed by atoms with Crippen molar-refractivity contribution in [2.75, 3.05) is 6.61 Å². The van der Waals surface area contributed by atoms with Crippen LogP contribution >= 0.6 is 0 Å². The van der Waals surface area contributed by atoms with Gasteiger partial charge in [0.1, 0.15) is 0 Å². The zero-order valence-corrected chi connectivity index (χ0v) is 16.5. The van der Waals surface area contributed by atoms with E-state index in [2.05, 4.69) is 48.5 Å². The Kier molecular flexibility index (Phi) is 5.24. The largest absolute Gasteiger partial charge is 0.465 e. The maximum Gasteiger partial charge on any atom is 0.312 e. The van der Waals surface area contributed by atoms with Gasteiger partial charge in [-0.3, -0.25) is 4.79 Å². The molecule has 0 aromatic heterocycles. The lowest BCUT2D eigenvalue weighted by atomic mass is 9.61. The van der Waals surface area contributed by atoms with Gasteiger partial charge in [0.05, 0.1) is 12.0 Å². The van der Waals surface area contributed by atoms with E-state index in [0.29, 0.717) is 6.61 Å². The van der Waals surface area contributed by atoms with Gasteiger partial charge in [0.15, 0.2) is 0 Å². The van der Waals surface area contributed by atoms with Crippen LogP contribution in [0.3, 0.4) is 0 Å². The Bertz CT molecular complexity index is 426. The third kappa shape index (κ3) is 4.31. The molecule has 0 saturated heterocycles. The van der Waals surface area contributed by atoms with Crippen molar-refractivity contribution in [3.63, 3.8) is 0 Å². The topological polar surface area (TPSA) is 26.3 Å². The minimum Gasteiger partial charge on any atom is -0.465 e. The molecule has 2 saturated carbocycles. The number of esters is 1. The normalized spacial score (nSPS) is 30.3. The number of hydrogen-bond acceptors (Lipinski definition) is 2. The summed E-state index contributed by atoms with van der Waals surface area (Å²) in [7, 11) is 0. The van der Waals surface area contributed by atoms with E-state index in [1.807, 2.05) is 0 Å². The molecule has 0 radical (unpaired) electrons. The number of ether oxygens (including phenoxy) is 1. The summed E-state index contributed by atoms with van der Waals surface area (Å²) in [5.74, 6) is 2.71. The van der Waals surface area contributed by atoms with E-state index in [9.17, 15) is 4.79 Å². The molecule has 4 atom stereocenters. The average Bonchev–Trinajstić information content (AvgIpc) is 2.97. The highest BCUT2D eigenvalue weighted by Crippen LogP contribution is 2.50. The Morgan fingerprint density at radius 2 is 1.65 bits per heavy atom. The van der Waals surface area contributed by atoms with Crippen LogP contribution in [0.25, 0.3) is 0 Å². The van der Waals surface area contributed by atoms with Crippen LogP contribution in [-0.2, 0) is 9.53 Å². The predicted octanol–water partition coefficient (Wildman–Crippen LogP) is 5.84. The van der Waals surface area contributed by atoms with Crippen molar-refractivity contribution < 1.29 is 9.53 Å². The molecule has 2 heteroatoms. The first-order chi connectivity index (χ1) is 10.4. The lowest BCUT2D eigenvalue weighted by Gasteiger charge is -2.43. The fourth-order valence-electron chi connectivity index (χ4n) is 4.90. The molecule has 0 aromatic rings. The highest BCUT2D eigenvalue weighted by molar-refractivity contribution is 5.77. The maximum atomic E-state index is 12.9. The third-order valence-corrected chi connectivity index (χ3v) is 6.60. The Hall–Kier alpha value is -0.530. The lowest BCUT2D eigenvalue weighted by Crippen LogP contribution is -2.44. The molecular weight excluding hydrogens is 284 g/mol. The van der Waals surface area contributed by atoms with Crippen molar-refractivity contribution in [1.82, 2.24) is 0 Å². The van der Waals surface area contributed by atoms with Crippen LogP contribution < -0.4 is 0 Å². The van der Waals surface area contributed by atoms with E-state index in [-0.39, 0.29) is 16.8 Å². The Labute approximate surface area is 143 Å². The number of hydrogen-bond donors (Lipinski definition) is 0. The van der Waals surface area contributed by atoms with Crippen LogP contribution in [0, 0.1) is 34.0 Å². The van der Waals surface area contributed by atoms with Gasteiger partial charge in [-0.15, -0.1) is 0 Å². The van der Waals surface area contributed by atoms with Gasteiger partial charge in [0.25, 0.3) is 0 Å². The van der Waals surface area contributed by atoms with Crippen molar-refractivity contribution in [2.45, 2.75) is 87.0 Å². The Morgan fingerprint density at radius 1 is 1.00 bits per heavy atom. The molecule has 2 aliphatic carbocycles. The molecule has 0 spiro atoms. The van der Waals surface area contributed by atoms with E-state index in [1.54, 1.807) is 0 Å². The van der Waals surface area contributed by atoms with Gasteiger partial charge in [0.2, 0.25) is 0 Å². The van der Waals surface area contributed by atoms with Gasteiger partial charge < -0.3 is 4.74 Å². The minimum atomic E-state index is -0.431. The lowest BCUT2D eigenvalue weighted by molar-refractivity contribution is -0.165. The van der Waals surface area contributed by atoms with Crippen molar-refractivity contribution in [1.29, 1.82) is 0 Å². The van der Waals surface area contributed by atoms with E-state index < -0.39 is 5.41 Å². The van der Waals surface area contributed by atoms with Gasteiger partial charge in [0, 0.05) is 0 Å². The summed E-state index contributed by atoms with van der Waals surface area (Å²) in [6.07, 6.45) is 7.59. The molecule has 0 aliphatic heterocycles. The monoisotopic (exact) mass is 322 g/mol. The number of fused-ring (bicyclic) bond motifs is 2. The molecule has 2 aliphatic rings. The molecule has 2 fully saturated rings. The summed E-state index contributed by atoms with van der Waals surface area (Å²) >= 11 is 0. The zero-order chi connectivity index (χ0) is 17.5. The van der Waals surface area contributed by atoms with E-state index >= 15 is 0 Å². The van der Waals surface area contributed by atoms with Crippen molar-refractivity contribution in [3.8, 4) is 0 Å². The Morgan fingerprint density at radius 3 is 2.09 bits per heavy atom. The van der Waals surface area contributed by atoms with Gasteiger partial charge in [-0.2, -0.15) is 0 Å². The molecule has 2 rings (SSSR count). The third-order valence-electron chi connectivity index (χ3n) is 6.60. The number of carbonyl (C=O) groups excluding carboxylic acids is 1. The molecule has 0 N–H and O–H groups in total. The zero-order valence-electron chi connectivity index (χ0n) is 16.5. The average molecular weight is 323 g/mol. The summed E-state index contributed by atoms with van der Waals surface area (Å²) in [5.41, 5.74) is -0.407. The molecule has 0 aromatic carbocycles. The summed E-state index contributed by atoms with van der Waals surface area (Å²) < 4.78 is 5.81. The summed E-state index contributed by atoms with van der Waals surface area (Å²) in [5, 5.41) is 0. The van der Waals surface area contributed by atoms with Crippen molar-refractivity contribution >= 4 is 5.97 Å². The molecule has 4 unspecified atom stereocenters. The van der Waals surface area contributed by atoms with Crippen LogP contribution in [0.5, 0.6) is 0 Å². The molecule has 23 heavy (non-hydrogen) atoms. The first kappa shape index (κ1) is 18.8. The summed E-state index contributed by atoms with van der Waals surface area (Å²) in [6.45, 7) is 15.8. The predicted molar refractivity (Wildman–Crippen MR) is 96.1 cm³/mol. The molecule has 0 heterocycles. The highest BCUT2D eigenvalue weighted by atomic mass is 16.5. The number of carbonyl (C=O) groups is 1. The molecular formula is C21H38O2. The molecule has 2 bridgehead atoms. The van der Waals surface area contributed by atoms with Crippen LogP contribution in [0.4, 0.5) is 0 Å². The highest BCUT2D eigenvalue weighted by Gasteiger charge is 2.48. The first-order valence-electron chi connectivity index (χ1n) is 9.60. The van der Waals surface area contributed by atoms with Crippen LogP contribution in [0.15, 0.2) is 0 Å². The molecule has 134 valence electrons. The van der Waals surface area contributed by atoms with E-state index in [4.69, 9.17) is 4.74 Å². The van der Waals surface area contributed by atoms with Crippen LogP contribution in [0.2, 0.25) is 0 Å². The second kappa shape index (κ2) is 6.41. The van der Waals surface area contributed by atoms with Crippen molar-refractivity contribution in [2.24, 2.45) is 34.0 Å². The van der Waals surface area contributed by atoms with E-state index in [1.165, 1.54) is 25.7 Å². The Balaban J connectivity index is 1.90. The summed E-state index contributed by atoms with van der Waals surface area (Å²) in [4.78, 5) is 12.9. The van der Waals surface area contributed by atoms with Crippen LogP contribution in [-0.4, -0.2) is 12.6 Å². The van der Waals surface area contributed by atoms with Gasteiger partial charge in [-0.25, -0.2) is 0 Å². The maximum absolute atomic E-state index is 12.9. The molecule has 2 nitrogen and oxygen atoms in total. The fourth-order valence-corrected chi connectivity index (χ4v) is 4.90. The molecule has 0 amide bonds. The second-order valence-electron chi connectivity index (χ2n) is 10.7. The van der Waals surface area contributed by atoms with Crippen LogP contribution in [0.1, 0.15) is 87.0 Å².